The average molecular weight is 372 g/mol. The number of hydrogen-bond acceptors (Lipinski definition) is 1. The third-order valence-electron chi connectivity index (χ3n) is 5.34. The second-order valence-electron chi connectivity index (χ2n) is 7.66. The molecule has 0 spiro atoms. The molecule has 1 amide bonds. The van der Waals surface area contributed by atoms with E-state index >= 15 is 0 Å². The van der Waals surface area contributed by atoms with E-state index in [4.69, 9.17) is 0 Å². The summed E-state index contributed by atoms with van der Waals surface area (Å²) in [5.41, 5.74) is 4.68. The lowest BCUT2D eigenvalue weighted by Gasteiger charge is -2.23. The number of rotatable bonds is 7. The van der Waals surface area contributed by atoms with Crippen LogP contribution in [0.1, 0.15) is 47.2 Å². The van der Waals surface area contributed by atoms with Crippen LogP contribution in [-0.2, 0) is 4.79 Å². The first-order valence-corrected chi connectivity index (χ1v) is 10.0. The lowest BCUT2D eigenvalue weighted by molar-refractivity contribution is -0.714. The van der Waals surface area contributed by atoms with Crippen molar-refractivity contribution < 1.29 is 10.1 Å². The van der Waals surface area contributed by atoms with Crippen LogP contribution >= 0.6 is 0 Å². The standard InChI is InChI=1S/C25H26N2O/c1-18-12-14-21(15-13-18)23(19-8-4-2-5-9-19)27-24(20-10-6-3-7-11-20)25(28)26-22-16-17-22/h2-15,22-24,27H,16-17H2,1H3,(H,26,28)/p+1/t23-,24-/m1/s1. The highest BCUT2D eigenvalue weighted by Gasteiger charge is 2.33. The molecular formula is C25H27N2O+. The molecule has 0 aliphatic heterocycles. The zero-order valence-electron chi connectivity index (χ0n) is 16.2. The van der Waals surface area contributed by atoms with Crippen molar-refractivity contribution in [3.63, 3.8) is 0 Å². The lowest BCUT2D eigenvalue weighted by Crippen LogP contribution is -2.88. The van der Waals surface area contributed by atoms with Crippen molar-refractivity contribution in [3.8, 4) is 0 Å². The summed E-state index contributed by atoms with van der Waals surface area (Å²) < 4.78 is 0. The van der Waals surface area contributed by atoms with Crippen LogP contribution in [0.5, 0.6) is 0 Å². The maximum Gasteiger partial charge on any atom is 0.283 e. The fourth-order valence-corrected chi connectivity index (χ4v) is 3.57. The number of carbonyl (C=O) groups excluding carboxylic acids is 1. The monoisotopic (exact) mass is 371 g/mol. The highest BCUT2D eigenvalue weighted by molar-refractivity contribution is 5.82. The van der Waals surface area contributed by atoms with Crippen LogP contribution in [0.2, 0.25) is 0 Å². The van der Waals surface area contributed by atoms with Gasteiger partial charge in [0.25, 0.3) is 5.91 Å². The van der Waals surface area contributed by atoms with Crippen LogP contribution in [0.4, 0.5) is 0 Å². The summed E-state index contributed by atoms with van der Waals surface area (Å²) in [6, 6.07) is 29.3. The van der Waals surface area contributed by atoms with E-state index < -0.39 is 0 Å². The van der Waals surface area contributed by atoms with Crippen molar-refractivity contribution in [2.75, 3.05) is 0 Å². The van der Waals surface area contributed by atoms with E-state index in [1.54, 1.807) is 0 Å². The zero-order chi connectivity index (χ0) is 19.3. The van der Waals surface area contributed by atoms with Gasteiger partial charge >= 0.3 is 0 Å². The molecule has 0 saturated heterocycles. The van der Waals surface area contributed by atoms with Crippen molar-refractivity contribution >= 4 is 5.91 Å². The van der Waals surface area contributed by atoms with Crippen molar-refractivity contribution in [3.05, 3.63) is 107 Å². The van der Waals surface area contributed by atoms with E-state index in [2.05, 4.69) is 66.1 Å². The first-order chi connectivity index (χ1) is 13.7. The van der Waals surface area contributed by atoms with Gasteiger partial charge in [0.05, 0.1) is 0 Å². The van der Waals surface area contributed by atoms with Crippen LogP contribution in [0.15, 0.2) is 84.9 Å². The minimum absolute atomic E-state index is 0.0527. The Hall–Kier alpha value is -2.91. The summed E-state index contributed by atoms with van der Waals surface area (Å²) in [5, 5.41) is 5.40. The van der Waals surface area contributed by atoms with Crippen molar-refractivity contribution in [2.45, 2.75) is 37.9 Å². The molecule has 28 heavy (non-hydrogen) atoms. The van der Waals surface area contributed by atoms with Gasteiger partial charge in [-0.1, -0.05) is 90.5 Å². The Kier molecular flexibility index (Phi) is 5.54. The van der Waals surface area contributed by atoms with E-state index in [9.17, 15) is 4.79 Å². The Bertz CT molecular complexity index is 902. The second kappa shape index (κ2) is 8.41. The van der Waals surface area contributed by atoms with E-state index in [-0.39, 0.29) is 18.0 Å². The van der Waals surface area contributed by atoms with Gasteiger partial charge in [0.15, 0.2) is 6.04 Å². The van der Waals surface area contributed by atoms with Crippen LogP contribution in [0, 0.1) is 6.92 Å². The third kappa shape index (κ3) is 4.49. The average Bonchev–Trinajstić information content (AvgIpc) is 3.55. The Morgan fingerprint density at radius 1 is 0.821 bits per heavy atom. The molecule has 0 heterocycles. The van der Waals surface area contributed by atoms with Crippen molar-refractivity contribution in [1.29, 1.82) is 0 Å². The summed E-state index contributed by atoms with van der Waals surface area (Å²) in [5.74, 6) is 0.0988. The normalized spacial score (nSPS) is 15.6. The molecule has 3 aromatic rings. The molecule has 0 aromatic heterocycles. The number of aryl methyl sites for hydroxylation is 1. The highest BCUT2D eigenvalue weighted by atomic mass is 16.2. The Balaban J connectivity index is 1.69. The molecule has 2 atom stereocenters. The summed E-state index contributed by atoms with van der Waals surface area (Å²) in [6.07, 6.45) is 2.18. The van der Waals surface area contributed by atoms with Gasteiger partial charge in [-0.3, -0.25) is 4.79 Å². The fourth-order valence-electron chi connectivity index (χ4n) is 3.57. The molecule has 4 rings (SSSR count). The van der Waals surface area contributed by atoms with E-state index in [0.717, 1.165) is 18.4 Å². The number of carbonyl (C=O) groups is 1. The highest BCUT2D eigenvalue weighted by Crippen LogP contribution is 2.23. The van der Waals surface area contributed by atoms with Crippen LogP contribution in [0.3, 0.4) is 0 Å². The number of nitrogens with two attached hydrogens (primary N) is 1. The number of nitrogens with one attached hydrogen (secondary N) is 1. The molecule has 0 radical (unpaired) electrons. The first kappa shape index (κ1) is 18.5. The maximum atomic E-state index is 13.1. The minimum Gasteiger partial charge on any atom is -0.348 e. The molecule has 1 saturated carbocycles. The lowest BCUT2D eigenvalue weighted by atomic mass is 9.95. The molecule has 3 aromatic carbocycles. The van der Waals surface area contributed by atoms with Gasteiger partial charge in [0.2, 0.25) is 0 Å². The van der Waals surface area contributed by atoms with Crippen LogP contribution < -0.4 is 10.6 Å². The van der Waals surface area contributed by atoms with Crippen molar-refractivity contribution in [2.24, 2.45) is 0 Å². The molecule has 1 aliphatic carbocycles. The summed E-state index contributed by atoms with van der Waals surface area (Å²) in [7, 11) is 0. The Labute approximate surface area is 166 Å². The minimum atomic E-state index is -0.284. The van der Waals surface area contributed by atoms with Gasteiger partial charge in [0, 0.05) is 22.7 Å². The number of benzene rings is 3. The summed E-state index contributed by atoms with van der Waals surface area (Å²) >= 11 is 0. The van der Waals surface area contributed by atoms with Gasteiger partial charge < -0.3 is 10.6 Å². The second-order valence-corrected chi connectivity index (χ2v) is 7.66. The SMILES string of the molecule is Cc1ccc([C@H]([NH2+][C@@H](C(=O)NC2CC2)c2ccccc2)c2ccccc2)cc1. The number of hydrogen-bond donors (Lipinski definition) is 2. The molecular weight excluding hydrogens is 344 g/mol. The molecule has 3 N–H and O–H groups in total. The van der Waals surface area contributed by atoms with Gasteiger partial charge in [-0.25, -0.2) is 0 Å². The quantitative estimate of drug-likeness (QED) is 0.654. The van der Waals surface area contributed by atoms with E-state index in [1.807, 2.05) is 36.4 Å². The Morgan fingerprint density at radius 3 is 1.93 bits per heavy atom. The van der Waals surface area contributed by atoms with Crippen LogP contribution in [0.25, 0.3) is 0 Å². The molecule has 0 unspecified atom stereocenters. The van der Waals surface area contributed by atoms with Gasteiger partial charge in [0.1, 0.15) is 6.04 Å². The van der Waals surface area contributed by atoms with Gasteiger partial charge in [-0.15, -0.1) is 0 Å². The third-order valence-corrected chi connectivity index (χ3v) is 5.34. The number of amides is 1. The topological polar surface area (TPSA) is 45.7 Å². The summed E-state index contributed by atoms with van der Waals surface area (Å²) in [6.45, 7) is 2.10. The predicted molar refractivity (Wildman–Crippen MR) is 112 cm³/mol. The van der Waals surface area contributed by atoms with Gasteiger partial charge in [-0.2, -0.15) is 0 Å². The number of quaternary nitrogens is 1. The van der Waals surface area contributed by atoms with Gasteiger partial charge in [-0.05, 0) is 19.8 Å². The van der Waals surface area contributed by atoms with E-state index in [0.29, 0.717) is 6.04 Å². The molecule has 142 valence electrons. The largest absolute Gasteiger partial charge is 0.348 e. The molecule has 1 fully saturated rings. The zero-order valence-corrected chi connectivity index (χ0v) is 16.2. The van der Waals surface area contributed by atoms with E-state index in [1.165, 1.54) is 16.7 Å². The molecule has 3 heteroatoms. The maximum absolute atomic E-state index is 13.1. The molecule has 3 nitrogen and oxygen atoms in total. The molecule has 1 aliphatic rings. The predicted octanol–water partition coefficient (Wildman–Crippen LogP) is 3.67. The fraction of sp³-hybridized carbons (Fsp3) is 0.240. The van der Waals surface area contributed by atoms with Crippen LogP contribution in [-0.4, -0.2) is 11.9 Å². The van der Waals surface area contributed by atoms with Crippen molar-refractivity contribution in [1.82, 2.24) is 5.32 Å². The summed E-state index contributed by atoms with van der Waals surface area (Å²) in [4.78, 5) is 13.1. The molecule has 0 bridgehead atoms. The first-order valence-electron chi connectivity index (χ1n) is 10.0. The smallest absolute Gasteiger partial charge is 0.283 e. The Morgan fingerprint density at radius 2 is 1.36 bits per heavy atom.